The van der Waals surface area contributed by atoms with Gasteiger partial charge in [-0.1, -0.05) is 37.6 Å². The fourth-order valence-corrected chi connectivity index (χ4v) is 4.26. The quantitative estimate of drug-likeness (QED) is 0.370. The number of rotatable bonds is 12. The summed E-state index contributed by atoms with van der Waals surface area (Å²) in [6, 6.07) is 2.89. The highest BCUT2D eigenvalue weighted by Crippen LogP contribution is 2.30. The van der Waals surface area contributed by atoms with E-state index in [1.807, 2.05) is 52.8 Å². The Kier molecular flexibility index (Phi) is 12.3. The average Bonchev–Trinajstić information content (AvgIpc) is 2.73. The van der Waals surface area contributed by atoms with Gasteiger partial charge in [-0.3, -0.25) is 14.4 Å². The molecule has 1 aromatic carbocycles. The maximum absolute atomic E-state index is 14.2. The summed E-state index contributed by atoms with van der Waals surface area (Å²) >= 11 is 0. The SMILES string of the molecule is Cc1ccc(C(C(=O)NC(C)C)N(C(=O)C(CC(N)=O)NC(=O)OC(C)(C)C)C(C)CCC(C)C)c(C)c1. The van der Waals surface area contributed by atoms with E-state index in [4.69, 9.17) is 10.5 Å². The number of benzene rings is 1. The summed E-state index contributed by atoms with van der Waals surface area (Å²) in [5.41, 5.74) is 7.23. The summed E-state index contributed by atoms with van der Waals surface area (Å²) in [6.45, 7) is 18.7. The van der Waals surface area contributed by atoms with Crippen molar-refractivity contribution >= 4 is 23.8 Å². The molecule has 9 nitrogen and oxygen atoms in total. The Morgan fingerprint density at radius 1 is 0.974 bits per heavy atom. The van der Waals surface area contributed by atoms with Crippen molar-refractivity contribution < 1.29 is 23.9 Å². The van der Waals surface area contributed by atoms with Gasteiger partial charge < -0.3 is 26.0 Å². The van der Waals surface area contributed by atoms with E-state index in [2.05, 4.69) is 24.5 Å². The van der Waals surface area contributed by atoms with Gasteiger partial charge in [0, 0.05) is 12.1 Å². The molecule has 3 unspecified atom stereocenters. The van der Waals surface area contributed by atoms with Crippen molar-refractivity contribution in [3.8, 4) is 0 Å². The Morgan fingerprint density at radius 2 is 1.58 bits per heavy atom. The van der Waals surface area contributed by atoms with Crippen molar-refractivity contribution in [1.82, 2.24) is 15.5 Å². The monoisotopic (exact) mass is 532 g/mol. The average molecular weight is 533 g/mol. The number of nitrogens with zero attached hydrogens (tertiary/aromatic N) is 1. The van der Waals surface area contributed by atoms with Crippen LogP contribution in [0, 0.1) is 19.8 Å². The summed E-state index contributed by atoms with van der Waals surface area (Å²) in [7, 11) is 0. The summed E-state index contributed by atoms with van der Waals surface area (Å²) in [4.78, 5) is 54.1. The number of carbonyl (C=O) groups is 4. The molecule has 214 valence electrons. The maximum atomic E-state index is 14.2. The van der Waals surface area contributed by atoms with E-state index in [9.17, 15) is 19.2 Å². The maximum Gasteiger partial charge on any atom is 0.408 e. The molecule has 1 aromatic rings. The first kappa shape index (κ1) is 32.9. The van der Waals surface area contributed by atoms with E-state index in [0.717, 1.165) is 17.5 Å². The normalized spacial score (nSPS) is 14.0. The van der Waals surface area contributed by atoms with Crippen LogP contribution in [0.5, 0.6) is 0 Å². The van der Waals surface area contributed by atoms with Crippen LogP contribution >= 0.6 is 0 Å². The molecule has 0 aliphatic carbocycles. The minimum absolute atomic E-state index is 0.167. The van der Waals surface area contributed by atoms with E-state index in [1.165, 1.54) is 4.90 Å². The molecule has 0 bridgehead atoms. The van der Waals surface area contributed by atoms with E-state index in [1.54, 1.807) is 20.8 Å². The van der Waals surface area contributed by atoms with Crippen molar-refractivity contribution in [2.24, 2.45) is 11.7 Å². The highest BCUT2D eigenvalue weighted by atomic mass is 16.6. The first-order chi connectivity index (χ1) is 17.4. The van der Waals surface area contributed by atoms with Crippen LogP contribution in [0.2, 0.25) is 0 Å². The molecule has 4 amide bonds. The molecule has 4 N–H and O–H groups in total. The molecule has 0 aliphatic heterocycles. The molecule has 0 radical (unpaired) electrons. The Morgan fingerprint density at radius 3 is 2.05 bits per heavy atom. The second-order valence-corrected chi connectivity index (χ2v) is 11.9. The van der Waals surface area contributed by atoms with Gasteiger partial charge in [0.1, 0.15) is 17.7 Å². The number of aryl methyl sites for hydroxylation is 2. The van der Waals surface area contributed by atoms with Crippen LogP contribution in [-0.4, -0.2) is 52.4 Å². The molecule has 1 rings (SSSR count). The highest BCUT2D eigenvalue weighted by molar-refractivity contribution is 5.95. The molecule has 0 spiro atoms. The van der Waals surface area contributed by atoms with Gasteiger partial charge in [0.2, 0.25) is 17.7 Å². The molecule has 0 heterocycles. The van der Waals surface area contributed by atoms with E-state index >= 15 is 0 Å². The third-order valence-corrected chi connectivity index (χ3v) is 5.96. The van der Waals surface area contributed by atoms with Gasteiger partial charge in [-0.2, -0.15) is 0 Å². The van der Waals surface area contributed by atoms with Crippen molar-refractivity contribution in [3.05, 3.63) is 34.9 Å². The first-order valence-electron chi connectivity index (χ1n) is 13.4. The van der Waals surface area contributed by atoms with Crippen LogP contribution in [-0.2, 0) is 19.1 Å². The lowest BCUT2D eigenvalue weighted by Gasteiger charge is -2.39. The summed E-state index contributed by atoms with van der Waals surface area (Å²) < 4.78 is 5.34. The summed E-state index contributed by atoms with van der Waals surface area (Å²) in [5.74, 6) is -1.30. The van der Waals surface area contributed by atoms with Gasteiger partial charge in [-0.05, 0) is 85.3 Å². The second-order valence-electron chi connectivity index (χ2n) is 11.9. The van der Waals surface area contributed by atoms with Crippen molar-refractivity contribution in [2.45, 2.75) is 118 Å². The largest absolute Gasteiger partial charge is 0.444 e. The molecule has 0 fully saturated rings. The van der Waals surface area contributed by atoms with Crippen molar-refractivity contribution in [2.75, 3.05) is 0 Å². The number of nitrogens with two attached hydrogens (primary N) is 1. The minimum atomic E-state index is -1.30. The Labute approximate surface area is 228 Å². The fourth-order valence-electron chi connectivity index (χ4n) is 4.26. The highest BCUT2D eigenvalue weighted by Gasteiger charge is 2.40. The van der Waals surface area contributed by atoms with Crippen molar-refractivity contribution in [1.29, 1.82) is 0 Å². The third-order valence-electron chi connectivity index (χ3n) is 5.96. The molecular formula is C29H48N4O5. The van der Waals surface area contributed by atoms with Crippen LogP contribution in [0.1, 0.15) is 97.4 Å². The molecule has 3 atom stereocenters. The Balaban J connectivity index is 3.69. The van der Waals surface area contributed by atoms with Crippen molar-refractivity contribution in [3.63, 3.8) is 0 Å². The van der Waals surface area contributed by atoms with Crippen LogP contribution in [0.25, 0.3) is 0 Å². The number of ether oxygens (including phenoxy) is 1. The lowest BCUT2D eigenvalue weighted by atomic mass is 9.93. The van der Waals surface area contributed by atoms with Crippen LogP contribution in [0.3, 0.4) is 0 Å². The molecule has 0 aromatic heterocycles. The van der Waals surface area contributed by atoms with Crippen LogP contribution in [0.15, 0.2) is 18.2 Å². The van der Waals surface area contributed by atoms with Gasteiger partial charge in [-0.25, -0.2) is 4.79 Å². The van der Waals surface area contributed by atoms with E-state index in [0.29, 0.717) is 17.9 Å². The summed E-state index contributed by atoms with van der Waals surface area (Å²) in [5, 5.41) is 5.48. The van der Waals surface area contributed by atoms with Gasteiger partial charge in [0.15, 0.2) is 0 Å². The van der Waals surface area contributed by atoms with Crippen LogP contribution < -0.4 is 16.4 Å². The fraction of sp³-hybridized carbons (Fsp3) is 0.655. The first-order valence-corrected chi connectivity index (χ1v) is 13.4. The molecule has 0 saturated heterocycles. The molecular weight excluding hydrogens is 484 g/mol. The molecule has 9 heteroatoms. The van der Waals surface area contributed by atoms with E-state index in [-0.39, 0.29) is 18.0 Å². The Bertz CT molecular complexity index is 984. The predicted molar refractivity (Wildman–Crippen MR) is 149 cm³/mol. The molecule has 0 aliphatic rings. The zero-order chi connectivity index (χ0) is 29.4. The second kappa shape index (κ2) is 14.2. The van der Waals surface area contributed by atoms with Gasteiger partial charge in [0.05, 0.1) is 6.42 Å². The molecule has 38 heavy (non-hydrogen) atoms. The third kappa shape index (κ3) is 10.7. The lowest BCUT2D eigenvalue weighted by Crippen LogP contribution is -2.56. The minimum Gasteiger partial charge on any atom is -0.444 e. The Hall–Kier alpha value is -3.10. The number of amides is 4. The predicted octanol–water partition coefficient (Wildman–Crippen LogP) is 4.29. The lowest BCUT2D eigenvalue weighted by molar-refractivity contribution is -0.146. The standard InChI is InChI=1S/C29H48N4O5/c1-17(2)11-13-21(7)33(27(36)23(16-24(30)34)32-28(37)38-29(8,9)10)25(26(35)31-18(3)4)22-14-12-19(5)15-20(22)6/h12,14-15,17-18,21,23,25H,11,13,16H2,1-10H3,(H2,30,34)(H,31,35)(H,32,37). The number of alkyl carbamates (subject to hydrolysis) is 1. The van der Waals surface area contributed by atoms with Crippen LogP contribution in [0.4, 0.5) is 4.79 Å². The molecule has 0 saturated carbocycles. The number of primary amides is 1. The number of nitrogens with one attached hydrogen (secondary N) is 2. The van der Waals surface area contributed by atoms with Gasteiger partial charge in [-0.15, -0.1) is 0 Å². The van der Waals surface area contributed by atoms with E-state index < -0.39 is 42.0 Å². The zero-order valence-electron chi connectivity index (χ0n) is 24.8. The smallest absolute Gasteiger partial charge is 0.408 e. The van der Waals surface area contributed by atoms with Gasteiger partial charge >= 0.3 is 6.09 Å². The topological polar surface area (TPSA) is 131 Å². The number of hydrogen-bond donors (Lipinski definition) is 3. The van der Waals surface area contributed by atoms with Gasteiger partial charge in [0.25, 0.3) is 0 Å². The summed E-state index contributed by atoms with van der Waals surface area (Å²) in [6.07, 6.45) is 0.157. The number of carbonyl (C=O) groups excluding carboxylic acids is 4. The zero-order valence-corrected chi connectivity index (χ0v) is 24.8. The number of hydrogen-bond acceptors (Lipinski definition) is 5.